The number of hydroxylamine groups is 2. The van der Waals surface area contributed by atoms with Crippen molar-refractivity contribution in [2.75, 3.05) is 0 Å². The molecule has 1 fully saturated rings. The number of carbonyl (C=O) groups excluding carboxylic acids is 3. The SMILES string of the molecule is C=C1CCC(=O)N1OC(=O)CCCCCCC(=O)C1(F)C#CCCCCC1. The van der Waals surface area contributed by atoms with E-state index in [9.17, 15) is 18.8 Å². The van der Waals surface area contributed by atoms with Crippen LogP contribution >= 0.6 is 0 Å². The smallest absolute Gasteiger partial charge is 0.333 e. The number of hydrogen-bond donors (Lipinski definition) is 0. The van der Waals surface area contributed by atoms with E-state index in [0.29, 0.717) is 44.2 Å². The number of hydrogen-bond acceptors (Lipinski definition) is 4. The van der Waals surface area contributed by atoms with Gasteiger partial charge < -0.3 is 4.84 Å². The molecule has 1 amide bonds. The van der Waals surface area contributed by atoms with Crippen molar-refractivity contribution in [1.82, 2.24) is 5.06 Å². The summed E-state index contributed by atoms with van der Waals surface area (Å²) in [5, 5.41) is 0.984. The molecule has 0 bridgehead atoms. The van der Waals surface area contributed by atoms with E-state index < -0.39 is 17.4 Å². The van der Waals surface area contributed by atoms with Crippen molar-refractivity contribution >= 4 is 17.7 Å². The molecule has 1 atom stereocenters. The highest BCUT2D eigenvalue weighted by Crippen LogP contribution is 2.25. The minimum Gasteiger partial charge on any atom is -0.334 e. The van der Waals surface area contributed by atoms with Gasteiger partial charge >= 0.3 is 5.97 Å². The Morgan fingerprint density at radius 2 is 1.85 bits per heavy atom. The van der Waals surface area contributed by atoms with E-state index in [1.165, 1.54) is 0 Å². The normalized spacial score (nSPS) is 22.6. The number of rotatable bonds is 9. The van der Waals surface area contributed by atoms with E-state index >= 15 is 0 Å². The number of nitrogens with zero attached hydrogens (tertiary/aromatic N) is 1. The first kappa shape index (κ1) is 21.1. The molecule has 1 aliphatic carbocycles. The van der Waals surface area contributed by atoms with E-state index in [4.69, 9.17) is 4.84 Å². The molecule has 0 spiro atoms. The molecule has 2 rings (SSSR count). The first-order chi connectivity index (χ1) is 12.9. The van der Waals surface area contributed by atoms with E-state index in [-0.39, 0.29) is 25.2 Å². The molecule has 2 aliphatic rings. The summed E-state index contributed by atoms with van der Waals surface area (Å²) in [5.41, 5.74) is -1.47. The lowest BCUT2D eigenvalue weighted by Crippen LogP contribution is -2.32. The summed E-state index contributed by atoms with van der Waals surface area (Å²) in [6.07, 6.45) is 7.31. The van der Waals surface area contributed by atoms with Crippen LogP contribution in [0.5, 0.6) is 0 Å². The number of alkyl halides is 1. The Morgan fingerprint density at radius 3 is 2.56 bits per heavy atom. The monoisotopic (exact) mass is 377 g/mol. The van der Waals surface area contributed by atoms with E-state index in [0.717, 1.165) is 30.7 Å². The number of allylic oxidation sites excluding steroid dienone is 1. The summed E-state index contributed by atoms with van der Waals surface area (Å²) in [4.78, 5) is 40.5. The van der Waals surface area contributed by atoms with Crippen LogP contribution in [-0.2, 0) is 19.2 Å². The molecular formula is C21H28FNO4. The Hall–Kier alpha value is -2.16. The maximum absolute atomic E-state index is 14.7. The number of carbonyl (C=O) groups is 3. The minimum absolute atomic E-state index is 0.178. The van der Waals surface area contributed by atoms with Gasteiger partial charge in [-0.3, -0.25) is 9.59 Å². The molecule has 0 N–H and O–H groups in total. The van der Waals surface area contributed by atoms with Crippen molar-refractivity contribution in [3.8, 4) is 11.8 Å². The lowest BCUT2D eigenvalue weighted by Gasteiger charge is -2.19. The van der Waals surface area contributed by atoms with Gasteiger partial charge in [0.05, 0.1) is 5.70 Å². The van der Waals surface area contributed by atoms with Crippen molar-refractivity contribution in [2.24, 2.45) is 0 Å². The Labute approximate surface area is 160 Å². The molecule has 1 heterocycles. The largest absolute Gasteiger partial charge is 0.334 e. The fourth-order valence-corrected chi connectivity index (χ4v) is 3.23. The van der Waals surface area contributed by atoms with E-state index in [1.807, 2.05) is 0 Å². The van der Waals surface area contributed by atoms with Gasteiger partial charge in [-0.2, -0.15) is 0 Å². The second-order valence-electron chi connectivity index (χ2n) is 7.22. The summed E-state index contributed by atoms with van der Waals surface area (Å²) in [6.45, 7) is 3.69. The fourth-order valence-electron chi connectivity index (χ4n) is 3.23. The van der Waals surface area contributed by atoms with Gasteiger partial charge in [0, 0.05) is 32.1 Å². The molecule has 1 saturated heterocycles. The van der Waals surface area contributed by atoms with Gasteiger partial charge in [0.1, 0.15) is 0 Å². The summed E-state index contributed by atoms with van der Waals surface area (Å²) in [5.74, 6) is 4.20. The number of unbranched alkanes of at least 4 members (excludes halogenated alkanes) is 3. The molecule has 1 aliphatic heterocycles. The minimum atomic E-state index is -1.98. The van der Waals surface area contributed by atoms with Crippen LogP contribution in [-0.4, -0.2) is 28.4 Å². The number of Topliss-reactive ketones (excluding diaryl/α,β-unsaturated/α-hetero) is 1. The maximum atomic E-state index is 14.7. The Kier molecular flexibility index (Phi) is 8.02. The third kappa shape index (κ3) is 6.50. The summed E-state index contributed by atoms with van der Waals surface area (Å²) < 4.78 is 14.7. The predicted molar refractivity (Wildman–Crippen MR) is 98.7 cm³/mol. The van der Waals surface area contributed by atoms with Crippen molar-refractivity contribution in [1.29, 1.82) is 0 Å². The van der Waals surface area contributed by atoms with Crippen LogP contribution in [0.2, 0.25) is 0 Å². The third-order valence-corrected chi connectivity index (χ3v) is 4.92. The number of halogens is 1. The number of ketones is 1. The van der Waals surface area contributed by atoms with Gasteiger partial charge in [-0.05, 0) is 32.1 Å². The zero-order valence-electron chi connectivity index (χ0n) is 15.9. The highest BCUT2D eigenvalue weighted by Gasteiger charge is 2.35. The Morgan fingerprint density at radius 1 is 1.11 bits per heavy atom. The zero-order valence-corrected chi connectivity index (χ0v) is 15.9. The second kappa shape index (κ2) is 10.2. The zero-order chi connectivity index (χ0) is 19.7. The topological polar surface area (TPSA) is 63.7 Å². The van der Waals surface area contributed by atoms with Crippen molar-refractivity contribution in [3.05, 3.63) is 12.3 Å². The molecule has 0 radical (unpaired) electrons. The van der Waals surface area contributed by atoms with E-state index in [2.05, 4.69) is 18.4 Å². The van der Waals surface area contributed by atoms with Gasteiger partial charge in [0.15, 0.2) is 5.78 Å². The Balaban J connectivity index is 1.60. The molecule has 27 heavy (non-hydrogen) atoms. The molecule has 6 heteroatoms. The highest BCUT2D eigenvalue weighted by atomic mass is 19.1. The average molecular weight is 377 g/mol. The molecular weight excluding hydrogens is 349 g/mol. The first-order valence-corrected chi connectivity index (χ1v) is 9.86. The molecule has 0 saturated carbocycles. The quantitative estimate of drug-likeness (QED) is 0.447. The molecule has 1 unspecified atom stereocenters. The van der Waals surface area contributed by atoms with Crippen LogP contribution in [0.15, 0.2) is 12.3 Å². The fraction of sp³-hybridized carbons (Fsp3) is 0.667. The molecule has 0 aromatic carbocycles. The van der Waals surface area contributed by atoms with Gasteiger partial charge in [0.25, 0.3) is 5.91 Å². The second-order valence-corrected chi connectivity index (χ2v) is 7.22. The average Bonchev–Trinajstić information content (AvgIpc) is 2.93. The number of amides is 1. The lowest BCUT2D eigenvalue weighted by atomic mass is 9.89. The van der Waals surface area contributed by atoms with Crippen LogP contribution in [0.4, 0.5) is 4.39 Å². The van der Waals surface area contributed by atoms with E-state index in [1.54, 1.807) is 0 Å². The highest BCUT2D eigenvalue weighted by molar-refractivity contribution is 5.90. The molecule has 5 nitrogen and oxygen atoms in total. The van der Waals surface area contributed by atoms with Crippen LogP contribution in [0.1, 0.15) is 83.5 Å². The van der Waals surface area contributed by atoms with Crippen molar-refractivity contribution in [2.45, 2.75) is 89.1 Å². The van der Waals surface area contributed by atoms with Crippen LogP contribution in [0.25, 0.3) is 0 Å². The summed E-state index contributed by atoms with van der Waals surface area (Å²) in [6, 6.07) is 0. The third-order valence-electron chi connectivity index (χ3n) is 4.92. The van der Waals surface area contributed by atoms with Gasteiger partial charge in [-0.25, -0.2) is 9.18 Å². The van der Waals surface area contributed by atoms with Gasteiger partial charge in [-0.1, -0.05) is 37.7 Å². The van der Waals surface area contributed by atoms with Crippen LogP contribution in [0.3, 0.4) is 0 Å². The maximum Gasteiger partial charge on any atom is 0.333 e. The molecule has 0 aromatic heterocycles. The summed E-state index contributed by atoms with van der Waals surface area (Å²) >= 11 is 0. The van der Waals surface area contributed by atoms with Gasteiger partial charge in [-0.15, -0.1) is 5.06 Å². The van der Waals surface area contributed by atoms with Gasteiger partial charge in [0.2, 0.25) is 5.67 Å². The predicted octanol–water partition coefficient (Wildman–Crippen LogP) is 4.17. The Bertz CT molecular complexity index is 632. The lowest BCUT2D eigenvalue weighted by molar-refractivity contribution is -0.186. The molecule has 148 valence electrons. The first-order valence-electron chi connectivity index (χ1n) is 9.86. The molecule has 0 aromatic rings. The van der Waals surface area contributed by atoms with Crippen molar-refractivity contribution < 1.29 is 23.6 Å². The van der Waals surface area contributed by atoms with Crippen LogP contribution in [0, 0.1) is 11.8 Å². The standard InChI is InChI=1S/C21H28FNO4/c1-17-13-14-19(25)23(17)27-20(26)12-8-4-3-7-11-18(24)21(22)15-9-5-2-6-10-16-21/h1-9,11-15H2. The summed E-state index contributed by atoms with van der Waals surface area (Å²) in [7, 11) is 0. The van der Waals surface area contributed by atoms with Crippen molar-refractivity contribution in [3.63, 3.8) is 0 Å². The van der Waals surface area contributed by atoms with Crippen LogP contribution < -0.4 is 0 Å².